The van der Waals surface area contributed by atoms with Crippen LogP contribution in [-0.4, -0.2) is 55.6 Å². The molecular formula is C18H25F2N3O3. The number of methoxy groups -OCH3 is 1. The minimum Gasteiger partial charge on any atom is -0.469 e. The predicted molar refractivity (Wildman–Crippen MR) is 93.6 cm³/mol. The molecule has 1 aromatic rings. The lowest BCUT2D eigenvalue weighted by Crippen LogP contribution is -2.45. The molecule has 0 bridgehead atoms. The van der Waals surface area contributed by atoms with E-state index in [0.29, 0.717) is 18.8 Å². The van der Waals surface area contributed by atoms with Crippen molar-refractivity contribution in [2.45, 2.75) is 45.5 Å². The summed E-state index contributed by atoms with van der Waals surface area (Å²) in [5.74, 6) is 0.309. The molecule has 1 aromatic heterocycles. The van der Waals surface area contributed by atoms with E-state index in [9.17, 15) is 18.4 Å². The normalized spacial score (nSPS) is 13.5. The van der Waals surface area contributed by atoms with Gasteiger partial charge in [0.2, 0.25) is 6.43 Å². The Hall–Kier alpha value is -2.25. The number of amides is 2. The molecule has 2 heterocycles. The zero-order valence-corrected chi connectivity index (χ0v) is 15.4. The van der Waals surface area contributed by atoms with Crippen molar-refractivity contribution in [1.29, 1.82) is 0 Å². The number of hydrogen-bond donors (Lipinski definition) is 0. The van der Waals surface area contributed by atoms with Crippen molar-refractivity contribution >= 4 is 17.8 Å². The van der Waals surface area contributed by atoms with Gasteiger partial charge in [0.05, 0.1) is 7.11 Å². The van der Waals surface area contributed by atoms with E-state index in [1.807, 2.05) is 13.0 Å². The van der Waals surface area contributed by atoms with Gasteiger partial charge in [-0.3, -0.25) is 9.69 Å². The average Bonchev–Trinajstić information content (AvgIpc) is 2.62. The summed E-state index contributed by atoms with van der Waals surface area (Å²) in [6.07, 6.45) is -0.405. The first-order valence-corrected chi connectivity index (χ1v) is 8.70. The van der Waals surface area contributed by atoms with E-state index in [2.05, 4.69) is 9.72 Å². The van der Waals surface area contributed by atoms with Crippen LogP contribution in [0.25, 0.3) is 0 Å². The smallest absolute Gasteiger partial charge is 0.325 e. The van der Waals surface area contributed by atoms with Crippen LogP contribution in [0.15, 0.2) is 6.07 Å². The molecule has 0 saturated heterocycles. The zero-order chi connectivity index (χ0) is 19.3. The van der Waals surface area contributed by atoms with Gasteiger partial charge in [0, 0.05) is 38.7 Å². The Morgan fingerprint density at radius 2 is 2.15 bits per heavy atom. The molecule has 8 heteroatoms. The number of esters is 1. The van der Waals surface area contributed by atoms with Crippen molar-refractivity contribution in [3.63, 3.8) is 0 Å². The van der Waals surface area contributed by atoms with Crippen LogP contribution < -0.4 is 4.90 Å². The Morgan fingerprint density at radius 1 is 1.42 bits per heavy atom. The minimum atomic E-state index is -2.43. The van der Waals surface area contributed by atoms with Crippen LogP contribution in [-0.2, 0) is 22.4 Å². The van der Waals surface area contributed by atoms with Crippen LogP contribution >= 0.6 is 0 Å². The summed E-state index contributed by atoms with van der Waals surface area (Å²) in [5, 5.41) is 0. The zero-order valence-electron chi connectivity index (χ0n) is 15.4. The van der Waals surface area contributed by atoms with E-state index in [1.165, 1.54) is 19.1 Å². The van der Waals surface area contributed by atoms with Crippen LogP contribution in [0, 0.1) is 6.92 Å². The van der Waals surface area contributed by atoms with Crippen molar-refractivity contribution in [2.75, 3.05) is 32.1 Å². The number of alkyl halides is 2. The number of carbonyl (C=O) groups excluding carboxylic acids is 2. The van der Waals surface area contributed by atoms with E-state index >= 15 is 0 Å². The van der Waals surface area contributed by atoms with E-state index < -0.39 is 6.43 Å². The predicted octanol–water partition coefficient (Wildman–Crippen LogP) is 2.96. The first-order chi connectivity index (χ1) is 12.3. The number of fused-ring (bicyclic) bond motifs is 1. The van der Waals surface area contributed by atoms with E-state index in [1.54, 1.807) is 4.90 Å². The summed E-state index contributed by atoms with van der Waals surface area (Å²) in [6.45, 7) is 2.35. The third-order valence-electron chi connectivity index (χ3n) is 4.52. The Labute approximate surface area is 152 Å². The quantitative estimate of drug-likeness (QED) is 0.724. The van der Waals surface area contributed by atoms with Crippen molar-refractivity contribution in [2.24, 2.45) is 0 Å². The highest BCUT2D eigenvalue weighted by molar-refractivity contribution is 5.92. The van der Waals surface area contributed by atoms with E-state index in [4.69, 9.17) is 0 Å². The Morgan fingerprint density at radius 3 is 2.81 bits per heavy atom. The fourth-order valence-corrected chi connectivity index (χ4v) is 3.00. The number of halogens is 2. The van der Waals surface area contributed by atoms with Crippen LogP contribution in [0.1, 0.15) is 36.1 Å². The summed E-state index contributed by atoms with van der Waals surface area (Å²) < 4.78 is 29.5. The maximum atomic E-state index is 12.6. The van der Waals surface area contributed by atoms with Gasteiger partial charge in [-0.15, -0.1) is 0 Å². The molecule has 2 amide bonds. The first kappa shape index (κ1) is 20.1. The Bertz CT molecular complexity index is 667. The maximum absolute atomic E-state index is 12.6. The largest absolute Gasteiger partial charge is 0.469 e. The van der Waals surface area contributed by atoms with Gasteiger partial charge in [-0.25, -0.2) is 18.6 Å². The number of aromatic nitrogens is 1. The van der Waals surface area contributed by atoms with Crippen LogP contribution in [0.2, 0.25) is 0 Å². The molecule has 1 aliphatic heterocycles. The summed E-state index contributed by atoms with van der Waals surface area (Å²) in [7, 11) is 2.88. The number of rotatable bonds is 6. The highest BCUT2D eigenvalue weighted by Gasteiger charge is 2.27. The lowest BCUT2D eigenvalue weighted by atomic mass is 10.00. The molecule has 0 aliphatic carbocycles. The maximum Gasteiger partial charge on any atom is 0.325 e. The standard InChI is InChI=1S/C18H25F2N3O3/c1-12-13(6-7-16(24)26-3)11-14-5-4-9-23(17(14)21-12)18(25)22(2)10-8-15(19)20/h11,15H,4-10H2,1-3H3. The molecule has 0 radical (unpaired) electrons. The average molecular weight is 369 g/mol. The molecular weight excluding hydrogens is 344 g/mol. The van der Waals surface area contributed by atoms with Gasteiger partial charge >= 0.3 is 12.0 Å². The number of pyridine rings is 1. The number of hydrogen-bond acceptors (Lipinski definition) is 4. The summed E-state index contributed by atoms with van der Waals surface area (Å²) in [5.41, 5.74) is 2.65. The van der Waals surface area contributed by atoms with Crippen LogP contribution in [0.5, 0.6) is 0 Å². The Kier molecular flexibility index (Phi) is 6.88. The second kappa shape index (κ2) is 8.91. The monoisotopic (exact) mass is 369 g/mol. The second-order valence-electron chi connectivity index (χ2n) is 6.43. The van der Waals surface area contributed by atoms with Gasteiger partial charge in [-0.2, -0.15) is 0 Å². The third-order valence-corrected chi connectivity index (χ3v) is 4.52. The molecule has 0 saturated carbocycles. The fraction of sp³-hybridized carbons (Fsp3) is 0.611. The molecule has 0 unspecified atom stereocenters. The highest BCUT2D eigenvalue weighted by Crippen LogP contribution is 2.28. The van der Waals surface area contributed by atoms with E-state index in [-0.39, 0.29) is 31.4 Å². The number of aryl methyl sites for hydroxylation is 3. The van der Waals surface area contributed by atoms with Crippen molar-refractivity contribution < 1.29 is 23.1 Å². The van der Waals surface area contributed by atoms with Crippen molar-refractivity contribution in [3.8, 4) is 0 Å². The van der Waals surface area contributed by atoms with Gasteiger partial charge in [0.1, 0.15) is 5.82 Å². The fourth-order valence-electron chi connectivity index (χ4n) is 3.00. The van der Waals surface area contributed by atoms with Gasteiger partial charge in [-0.1, -0.05) is 6.07 Å². The molecule has 6 nitrogen and oxygen atoms in total. The van der Waals surface area contributed by atoms with E-state index in [0.717, 1.165) is 29.7 Å². The molecule has 0 N–H and O–H groups in total. The minimum absolute atomic E-state index is 0.00146. The van der Waals surface area contributed by atoms with Crippen LogP contribution in [0.3, 0.4) is 0 Å². The molecule has 0 atom stereocenters. The van der Waals surface area contributed by atoms with Gasteiger partial charge in [-0.05, 0) is 37.3 Å². The van der Waals surface area contributed by atoms with Crippen molar-refractivity contribution in [3.05, 3.63) is 22.9 Å². The lowest BCUT2D eigenvalue weighted by molar-refractivity contribution is -0.140. The number of nitrogens with zero attached hydrogens (tertiary/aromatic N) is 3. The number of ether oxygens (including phenoxy) is 1. The molecule has 1 aliphatic rings. The second-order valence-corrected chi connectivity index (χ2v) is 6.43. The summed E-state index contributed by atoms with van der Waals surface area (Å²) in [6, 6.07) is 1.67. The number of urea groups is 1. The summed E-state index contributed by atoms with van der Waals surface area (Å²) >= 11 is 0. The molecule has 26 heavy (non-hydrogen) atoms. The highest BCUT2D eigenvalue weighted by atomic mass is 19.3. The summed E-state index contributed by atoms with van der Waals surface area (Å²) in [4.78, 5) is 31.4. The van der Waals surface area contributed by atoms with Gasteiger partial charge < -0.3 is 9.64 Å². The van der Waals surface area contributed by atoms with Crippen molar-refractivity contribution in [1.82, 2.24) is 9.88 Å². The SMILES string of the molecule is COC(=O)CCc1cc2c(nc1C)N(C(=O)N(C)CCC(F)F)CCC2. The number of anilines is 1. The van der Waals surface area contributed by atoms with Gasteiger partial charge in [0.15, 0.2) is 0 Å². The molecule has 0 fully saturated rings. The molecule has 0 aromatic carbocycles. The lowest BCUT2D eigenvalue weighted by Gasteiger charge is -2.32. The molecule has 144 valence electrons. The topological polar surface area (TPSA) is 62.7 Å². The van der Waals surface area contributed by atoms with Gasteiger partial charge in [0.25, 0.3) is 0 Å². The van der Waals surface area contributed by atoms with Crippen LogP contribution in [0.4, 0.5) is 19.4 Å². The Balaban J connectivity index is 2.17. The first-order valence-electron chi connectivity index (χ1n) is 8.70. The third kappa shape index (κ3) is 4.89. The molecule has 2 rings (SSSR count). The molecule has 0 spiro atoms. The number of carbonyl (C=O) groups is 2.